The maximum atomic E-state index is 12.4. The highest BCUT2D eigenvalue weighted by molar-refractivity contribution is 7.99. The molecule has 3 amide bonds. The summed E-state index contributed by atoms with van der Waals surface area (Å²) in [4.78, 5) is 23.9. The van der Waals surface area contributed by atoms with Crippen molar-refractivity contribution >= 4 is 23.7 Å². The standard InChI is InChI=1S/C18H20N2O2S/c1-13-8-6-7-11-15(13)12-23-16(14-9-4-3-5-10-14)17(21)20-18(22)19-2/h3-11,16H,12H2,1-2H3,(H2,19,20,21,22)/t16-/m0/s1. The van der Waals surface area contributed by atoms with Crippen molar-refractivity contribution in [2.75, 3.05) is 7.05 Å². The zero-order valence-electron chi connectivity index (χ0n) is 13.2. The lowest BCUT2D eigenvalue weighted by Crippen LogP contribution is -2.39. The molecule has 5 heteroatoms. The molecule has 0 aromatic heterocycles. The van der Waals surface area contributed by atoms with Crippen molar-refractivity contribution < 1.29 is 9.59 Å². The van der Waals surface area contributed by atoms with E-state index in [2.05, 4.69) is 29.7 Å². The first-order chi connectivity index (χ1) is 11.1. The maximum absolute atomic E-state index is 12.4. The summed E-state index contributed by atoms with van der Waals surface area (Å²) in [5.41, 5.74) is 3.26. The molecule has 0 bridgehead atoms. The van der Waals surface area contributed by atoms with Gasteiger partial charge >= 0.3 is 6.03 Å². The van der Waals surface area contributed by atoms with Crippen LogP contribution >= 0.6 is 11.8 Å². The van der Waals surface area contributed by atoms with Gasteiger partial charge in [0.05, 0.1) is 0 Å². The van der Waals surface area contributed by atoms with E-state index in [1.807, 2.05) is 42.5 Å². The van der Waals surface area contributed by atoms with Crippen LogP contribution < -0.4 is 10.6 Å². The van der Waals surface area contributed by atoms with Crippen LogP contribution in [0.1, 0.15) is 21.9 Å². The zero-order chi connectivity index (χ0) is 16.7. The average molecular weight is 328 g/mol. The number of carbonyl (C=O) groups is 2. The van der Waals surface area contributed by atoms with Gasteiger partial charge in [0.1, 0.15) is 5.25 Å². The van der Waals surface area contributed by atoms with E-state index >= 15 is 0 Å². The SMILES string of the molecule is CNC(=O)NC(=O)[C@@H](SCc1ccccc1C)c1ccccc1. The van der Waals surface area contributed by atoms with Crippen molar-refractivity contribution in [2.45, 2.75) is 17.9 Å². The van der Waals surface area contributed by atoms with Crippen molar-refractivity contribution in [1.29, 1.82) is 0 Å². The molecule has 0 heterocycles. The average Bonchev–Trinajstić information content (AvgIpc) is 2.57. The van der Waals surface area contributed by atoms with Gasteiger partial charge in [-0.25, -0.2) is 4.79 Å². The molecule has 0 aliphatic rings. The normalized spacial score (nSPS) is 11.6. The number of thioether (sulfide) groups is 1. The topological polar surface area (TPSA) is 58.2 Å². The lowest BCUT2D eigenvalue weighted by molar-refractivity contribution is -0.119. The molecular weight excluding hydrogens is 308 g/mol. The van der Waals surface area contributed by atoms with Crippen LogP contribution in [-0.4, -0.2) is 19.0 Å². The fraction of sp³-hybridized carbons (Fsp3) is 0.222. The summed E-state index contributed by atoms with van der Waals surface area (Å²) in [6.45, 7) is 2.05. The fourth-order valence-electron chi connectivity index (χ4n) is 2.14. The van der Waals surface area contributed by atoms with Crippen molar-refractivity contribution in [3.05, 3.63) is 71.3 Å². The first-order valence-corrected chi connectivity index (χ1v) is 8.40. The van der Waals surface area contributed by atoms with Gasteiger partial charge in [0.15, 0.2) is 0 Å². The van der Waals surface area contributed by atoms with Crippen molar-refractivity contribution in [3.8, 4) is 0 Å². The minimum absolute atomic E-state index is 0.311. The molecule has 120 valence electrons. The lowest BCUT2D eigenvalue weighted by atomic mass is 10.1. The van der Waals surface area contributed by atoms with Gasteiger partial charge in [0, 0.05) is 12.8 Å². The zero-order valence-corrected chi connectivity index (χ0v) is 14.0. The van der Waals surface area contributed by atoms with E-state index in [1.54, 1.807) is 0 Å². The van der Waals surface area contributed by atoms with E-state index in [9.17, 15) is 9.59 Å². The molecule has 0 aliphatic carbocycles. The second kappa shape index (κ2) is 8.39. The third-order valence-electron chi connectivity index (χ3n) is 3.47. The number of urea groups is 1. The largest absolute Gasteiger partial charge is 0.341 e. The Morgan fingerprint density at radius 2 is 1.70 bits per heavy atom. The highest BCUT2D eigenvalue weighted by Gasteiger charge is 2.22. The first kappa shape index (κ1) is 17.1. The fourth-order valence-corrected chi connectivity index (χ4v) is 3.37. The second-order valence-corrected chi connectivity index (χ2v) is 6.19. The molecule has 2 aromatic carbocycles. The molecular formula is C18H20N2O2S. The molecule has 0 saturated heterocycles. The highest BCUT2D eigenvalue weighted by Crippen LogP contribution is 2.32. The summed E-state index contributed by atoms with van der Waals surface area (Å²) in [5, 5.41) is 4.34. The summed E-state index contributed by atoms with van der Waals surface area (Å²) in [7, 11) is 1.49. The van der Waals surface area contributed by atoms with E-state index in [0.29, 0.717) is 5.75 Å². The first-order valence-electron chi connectivity index (χ1n) is 7.35. The molecule has 0 saturated carbocycles. The van der Waals surface area contributed by atoms with Crippen molar-refractivity contribution in [1.82, 2.24) is 10.6 Å². The number of nitrogens with one attached hydrogen (secondary N) is 2. The number of rotatable bonds is 5. The lowest BCUT2D eigenvalue weighted by Gasteiger charge is -2.17. The minimum Gasteiger partial charge on any atom is -0.341 e. The number of hydrogen-bond donors (Lipinski definition) is 2. The molecule has 0 unspecified atom stereocenters. The van der Waals surface area contributed by atoms with Crippen LogP contribution in [0.3, 0.4) is 0 Å². The summed E-state index contributed by atoms with van der Waals surface area (Å²) < 4.78 is 0. The highest BCUT2D eigenvalue weighted by atomic mass is 32.2. The van der Waals surface area contributed by atoms with Gasteiger partial charge < -0.3 is 5.32 Å². The van der Waals surface area contributed by atoms with Crippen LogP contribution in [0.15, 0.2) is 54.6 Å². The Bertz CT molecular complexity index is 674. The summed E-state index contributed by atoms with van der Waals surface area (Å²) in [6, 6.07) is 17.1. The quantitative estimate of drug-likeness (QED) is 0.884. The van der Waals surface area contributed by atoms with Crippen LogP contribution in [0, 0.1) is 6.92 Å². The molecule has 2 aromatic rings. The van der Waals surface area contributed by atoms with E-state index < -0.39 is 11.3 Å². The van der Waals surface area contributed by atoms with Crippen LogP contribution in [0.4, 0.5) is 4.79 Å². The van der Waals surface area contributed by atoms with Crippen LogP contribution in [-0.2, 0) is 10.5 Å². The van der Waals surface area contributed by atoms with Gasteiger partial charge in [0.25, 0.3) is 0 Å². The number of amides is 3. The summed E-state index contributed by atoms with van der Waals surface area (Å²) >= 11 is 1.51. The van der Waals surface area contributed by atoms with Gasteiger partial charge in [-0.2, -0.15) is 0 Å². The van der Waals surface area contributed by atoms with E-state index in [1.165, 1.54) is 29.9 Å². The van der Waals surface area contributed by atoms with Crippen molar-refractivity contribution in [2.24, 2.45) is 0 Å². The van der Waals surface area contributed by atoms with Gasteiger partial charge in [-0.15, -0.1) is 11.8 Å². The number of aryl methyl sites for hydroxylation is 1. The Morgan fingerprint density at radius 3 is 2.35 bits per heavy atom. The van der Waals surface area contributed by atoms with Crippen LogP contribution in [0.5, 0.6) is 0 Å². The third kappa shape index (κ3) is 4.86. The number of imide groups is 1. The summed E-state index contributed by atoms with van der Waals surface area (Å²) in [5.74, 6) is 0.391. The number of carbonyl (C=O) groups excluding carboxylic acids is 2. The summed E-state index contributed by atoms with van der Waals surface area (Å²) in [6.07, 6.45) is 0. The van der Waals surface area contributed by atoms with Gasteiger partial charge in [0.2, 0.25) is 5.91 Å². The molecule has 0 fully saturated rings. The molecule has 23 heavy (non-hydrogen) atoms. The van der Waals surface area contributed by atoms with Crippen molar-refractivity contribution in [3.63, 3.8) is 0 Å². The smallest absolute Gasteiger partial charge is 0.321 e. The van der Waals surface area contributed by atoms with E-state index in [-0.39, 0.29) is 5.91 Å². The predicted molar refractivity (Wildman–Crippen MR) is 94.3 cm³/mol. The van der Waals surface area contributed by atoms with Crippen LogP contribution in [0.2, 0.25) is 0 Å². The Balaban J connectivity index is 2.15. The minimum atomic E-state index is -0.493. The van der Waals surface area contributed by atoms with Gasteiger partial charge in [-0.1, -0.05) is 54.6 Å². The molecule has 0 aliphatic heterocycles. The number of hydrogen-bond acceptors (Lipinski definition) is 3. The predicted octanol–water partition coefficient (Wildman–Crippen LogP) is 3.43. The van der Waals surface area contributed by atoms with Gasteiger partial charge in [-0.05, 0) is 23.6 Å². The Morgan fingerprint density at radius 1 is 1.04 bits per heavy atom. The Hall–Kier alpha value is -2.27. The second-order valence-electron chi connectivity index (χ2n) is 5.10. The molecule has 0 spiro atoms. The third-order valence-corrected chi connectivity index (χ3v) is 4.77. The van der Waals surface area contributed by atoms with Crippen LogP contribution in [0.25, 0.3) is 0 Å². The molecule has 2 rings (SSSR count). The molecule has 0 radical (unpaired) electrons. The van der Waals surface area contributed by atoms with Gasteiger partial charge in [-0.3, -0.25) is 10.1 Å². The Kier molecular flexibility index (Phi) is 6.23. The molecule has 2 N–H and O–H groups in total. The molecule has 1 atom stereocenters. The van der Waals surface area contributed by atoms with E-state index in [0.717, 1.165) is 5.56 Å². The maximum Gasteiger partial charge on any atom is 0.321 e. The number of benzene rings is 2. The Labute approximate surface area is 140 Å². The monoisotopic (exact) mass is 328 g/mol. The van der Waals surface area contributed by atoms with E-state index in [4.69, 9.17) is 0 Å². The molecule has 4 nitrogen and oxygen atoms in total.